The summed E-state index contributed by atoms with van der Waals surface area (Å²) in [7, 11) is 0. The number of carbonyl (C=O) groups excluding carboxylic acids is 1. The highest BCUT2D eigenvalue weighted by atomic mass is 19.1. The van der Waals surface area contributed by atoms with Crippen molar-refractivity contribution in [3.63, 3.8) is 0 Å². The van der Waals surface area contributed by atoms with E-state index in [0.717, 1.165) is 29.9 Å². The van der Waals surface area contributed by atoms with Crippen LogP contribution in [0.3, 0.4) is 0 Å². The first-order valence-electron chi connectivity index (χ1n) is 11.5. The molecule has 2 amide bonds. The van der Waals surface area contributed by atoms with E-state index >= 15 is 0 Å². The minimum absolute atomic E-state index is 0.0270. The second kappa shape index (κ2) is 10.4. The molecule has 0 unspecified atom stereocenters. The van der Waals surface area contributed by atoms with Crippen LogP contribution < -0.4 is 20.3 Å². The largest absolute Gasteiger partial charge is 0.454 e. The smallest absolute Gasteiger partial charge is 0.323 e. The van der Waals surface area contributed by atoms with Gasteiger partial charge in [0.05, 0.1) is 25.1 Å². The fourth-order valence-electron chi connectivity index (χ4n) is 3.94. The molecule has 5 rings (SSSR count). The zero-order valence-electron chi connectivity index (χ0n) is 19.6. The topological polar surface area (TPSA) is 104 Å². The fourth-order valence-corrected chi connectivity index (χ4v) is 3.94. The Balaban J connectivity index is 1.23. The molecule has 36 heavy (non-hydrogen) atoms. The Hall–Kier alpha value is -4.44. The molecule has 2 aromatic heterocycles. The van der Waals surface area contributed by atoms with Crippen LogP contribution in [-0.2, 0) is 4.74 Å². The highest BCUT2D eigenvalue weighted by molar-refractivity contribution is 6.00. The van der Waals surface area contributed by atoms with Crippen molar-refractivity contribution in [1.82, 2.24) is 15.2 Å². The first-order chi connectivity index (χ1) is 17.5. The van der Waals surface area contributed by atoms with Gasteiger partial charge in [-0.2, -0.15) is 5.10 Å². The second-order valence-electron chi connectivity index (χ2n) is 8.35. The second-order valence-corrected chi connectivity index (χ2v) is 8.35. The number of benzene rings is 2. The number of anilines is 3. The van der Waals surface area contributed by atoms with Gasteiger partial charge in [-0.15, -0.1) is 0 Å². The van der Waals surface area contributed by atoms with Crippen LogP contribution in [0, 0.1) is 12.7 Å². The quantitative estimate of drug-likeness (QED) is 0.345. The third kappa shape index (κ3) is 5.61. The summed E-state index contributed by atoms with van der Waals surface area (Å²) in [5.74, 6) is -0.159. The first kappa shape index (κ1) is 23.3. The van der Waals surface area contributed by atoms with Crippen LogP contribution in [0.15, 0.2) is 67.1 Å². The van der Waals surface area contributed by atoms with Gasteiger partial charge in [-0.1, -0.05) is 0 Å². The molecular formula is C26H25FN6O3. The van der Waals surface area contributed by atoms with Gasteiger partial charge in [-0.05, 0) is 48.9 Å². The standard InChI is InChI=1S/C26H25FN6O3/c1-17-10-20(12-21(11-17)33-6-8-35-9-7-33)32-26(34)31-19-2-3-25(23(27)13-19)36-22-4-5-28-24(14-22)18-15-29-30-16-18/h2-5,10-16H,6-9H2,1H3,(H,29,30)(H2,31,32,34). The van der Waals surface area contributed by atoms with Crippen LogP contribution in [0.1, 0.15) is 5.56 Å². The van der Waals surface area contributed by atoms with Gasteiger partial charge in [-0.3, -0.25) is 10.1 Å². The van der Waals surface area contributed by atoms with E-state index in [-0.39, 0.29) is 5.75 Å². The van der Waals surface area contributed by atoms with Crippen molar-refractivity contribution in [3.8, 4) is 22.8 Å². The molecule has 0 saturated carbocycles. The van der Waals surface area contributed by atoms with E-state index < -0.39 is 11.8 Å². The Labute approximate surface area is 207 Å². The van der Waals surface area contributed by atoms with Crippen molar-refractivity contribution in [2.24, 2.45) is 0 Å². The molecule has 1 aliphatic rings. The Morgan fingerprint density at radius 1 is 1.08 bits per heavy atom. The summed E-state index contributed by atoms with van der Waals surface area (Å²) in [4.78, 5) is 19.1. The van der Waals surface area contributed by atoms with Gasteiger partial charge >= 0.3 is 6.03 Å². The maximum absolute atomic E-state index is 14.8. The molecular weight excluding hydrogens is 463 g/mol. The van der Waals surface area contributed by atoms with Crippen LogP contribution >= 0.6 is 0 Å². The molecule has 0 spiro atoms. The number of aromatic amines is 1. The van der Waals surface area contributed by atoms with Gasteiger partial charge in [0.15, 0.2) is 11.6 Å². The third-order valence-electron chi connectivity index (χ3n) is 5.64. The minimum atomic E-state index is -0.611. The van der Waals surface area contributed by atoms with E-state index in [1.54, 1.807) is 36.8 Å². The normalized spacial score (nSPS) is 13.3. The molecule has 1 aliphatic heterocycles. The lowest BCUT2D eigenvalue weighted by molar-refractivity contribution is 0.122. The molecule has 3 N–H and O–H groups in total. The average molecular weight is 489 g/mol. The summed E-state index contributed by atoms with van der Waals surface area (Å²) in [6, 6.07) is 13.0. The molecule has 0 atom stereocenters. The number of ether oxygens (including phenoxy) is 2. The molecule has 3 heterocycles. The molecule has 0 aliphatic carbocycles. The number of urea groups is 1. The lowest BCUT2D eigenvalue weighted by Crippen LogP contribution is -2.36. The van der Waals surface area contributed by atoms with Crippen LogP contribution in [0.5, 0.6) is 11.5 Å². The number of amides is 2. The van der Waals surface area contributed by atoms with Crippen molar-refractivity contribution < 1.29 is 18.7 Å². The molecule has 1 saturated heterocycles. The van der Waals surface area contributed by atoms with Gasteiger partial charge in [0.25, 0.3) is 0 Å². The van der Waals surface area contributed by atoms with Gasteiger partial charge in [0.1, 0.15) is 5.75 Å². The van der Waals surface area contributed by atoms with E-state index in [2.05, 4.69) is 36.8 Å². The number of pyridine rings is 1. The van der Waals surface area contributed by atoms with Gasteiger partial charge in [0.2, 0.25) is 0 Å². The van der Waals surface area contributed by atoms with Gasteiger partial charge in [0, 0.05) is 60.2 Å². The van der Waals surface area contributed by atoms with E-state index in [4.69, 9.17) is 9.47 Å². The Bertz CT molecular complexity index is 1360. The Morgan fingerprint density at radius 3 is 2.69 bits per heavy atom. The molecule has 0 bridgehead atoms. The molecule has 184 valence electrons. The number of morpholine rings is 1. The number of halogens is 1. The van der Waals surface area contributed by atoms with Crippen molar-refractivity contribution >= 4 is 23.1 Å². The van der Waals surface area contributed by atoms with Crippen molar-refractivity contribution in [2.45, 2.75) is 6.92 Å². The summed E-state index contributed by atoms with van der Waals surface area (Å²) >= 11 is 0. The summed E-state index contributed by atoms with van der Waals surface area (Å²) in [5, 5.41) is 12.1. The van der Waals surface area contributed by atoms with Crippen LogP contribution in [0.25, 0.3) is 11.3 Å². The highest BCUT2D eigenvalue weighted by Crippen LogP contribution is 2.29. The average Bonchev–Trinajstić information content (AvgIpc) is 3.41. The maximum atomic E-state index is 14.8. The number of aromatic nitrogens is 3. The Kier molecular flexibility index (Phi) is 6.76. The Morgan fingerprint density at radius 2 is 1.92 bits per heavy atom. The molecule has 4 aromatic rings. The minimum Gasteiger partial charge on any atom is -0.454 e. The van der Waals surface area contributed by atoms with Crippen molar-refractivity contribution in [3.05, 3.63) is 78.5 Å². The van der Waals surface area contributed by atoms with E-state index in [9.17, 15) is 9.18 Å². The monoisotopic (exact) mass is 488 g/mol. The van der Waals surface area contributed by atoms with Gasteiger partial charge in [-0.25, -0.2) is 9.18 Å². The van der Waals surface area contributed by atoms with E-state index in [1.165, 1.54) is 12.1 Å². The summed E-state index contributed by atoms with van der Waals surface area (Å²) in [6.07, 6.45) is 4.92. The summed E-state index contributed by atoms with van der Waals surface area (Å²) < 4.78 is 25.9. The van der Waals surface area contributed by atoms with Crippen LogP contribution in [0.4, 0.5) is 26.2 Å². The number of carbonyl (C=O) groups is 1. The number of hydrogen-bond acceptors (Lipinski definition) is 6. The van der Waals surface area contributed by atoms with Crippen LogP contribution in [-0.4, -0.2) is 47.5 Å². The first-order valence-corrected chi connectivity index (χ1v) is 11.5. The van der Waals surface area contributed by atoms with E-state index in [0.29, 0.717) is 36.0 Å². The van der Waals surface area contributed by atoms with Crippen LogP contribution in [0.2, 0.25) is 0 Å². The molecule has 9 nitrogen and oxygen atoms in total. The molecule has 2 aromatic carbocycles. The number of rotatable bonds is 6. The number of H-pyrrole nitrogens is 1. The van der Waals surface area contributed by atoms with E-state index in [1.807, 2.05) is 19.1 Å². The molecule has 10 heteroatoms. The lowest BCUT2D eigenvalue weighted by Gasteiger charge is -2.29. The predicted molar refractivity (Wildman–Crippen MR) is 135 cm³/mol. The van der Waals surface area contributed by atoms with Crippen molar-refractivity contribution in [2.75, 3.05) is 41.8 Å². The third-order valence-corrected chi connectivity index (χ3v) is 5.64. The highest BCUT2D eigenvalue weighted by Gasteiger charge is 2.14. The molecule has 0 radical (unpaired) electrons. The zero-order valence-corrected chi connectivity index (χ0v) is 19.6. The number of nitrogens with one attached hydrogen (secondary N) is 3. The lowest BCUT2D eigenvalue weighted by atomic mass is 10.1. The SMILES string of the molecule is Cc1cc(NC(=O)Nc2ccc(Oc3ccnc(-c4cn[nH]c4)c3)c(F)c2)cc(N2CCOCC2)c1. The number of hydrogen-bond donors (Lipinski definition) is 3. The zero-order chi connectivity index (χ0) is 24.9. The number of aryl methyl sites for hydroxylation is 1. The predicted octanol–water partition coefficient (Wildman–Crippen LogP) is 5.19. The van der Waals surface area contributed by atoms with Crippen molar-refractivity contribution in [1.29, 1.82) is 0 Å². The maximum Gasteiger partial charge on any atom is 0.323 e. The summed E-state index contributed by atoms with van der Waals surface area (Å²) in [5.41, 5.74) is 4.43. The summed E-state index contributed by atoms with van der Waals surface area (Å²) in [6.45, 7) is 4.92. The fraction of sp³-hybridized carbons (Fsp3) is 0.192. The van der Waals surface area contributed by atoms with Gasteiger partial charge < -0.3 is 25.0 Å². The molecule has 1 fully saturated rings. The number of nitrogens with zero attached hydrogens (tertiary/aromatic N) is 3.